The van der Waals surface area contributed by atoms with Crippen molar-refractivity contribution in [3.8, 4) is 0 Å². The van der Waals surface area contributed by atoms with E-state index in [0.29, 0.717) is 13.0 Å². The molecule has 5 heteroatoms. The predicted octanol–water partition coefficient (Wildman–Crippen LogP) is 16.9. The van der Waals surface area contributed by atoms with Crippen LogP contribution in [0.3, 0.4) is 0 Å². The lowest BCUT2D eigenvalue weighted by molar-refractivity contribution is -0.144. The van der Waals surface area contributed by atoms with Crippen LogP contribution in [0.4, 0.5) is 0 Å². The average Bonchev–Trinajstić information content (AvgIpc) is 3.26. The summed E-state index contributed by atoms with van der Waals surface area (Å²) in [5.74, 6) is 0.0117. The van der Waals surface area contributed by atoms with Gasteiger partial charge in [-0.25, -0.2) is 0 Å². The molecular formula is C56H111N3O2. The van der Waals surface area contributed by atoms with Gasteiger partial charge in [0.15, 0.2) is 0 Å². The molecule has 0 spiro atoms. The SMILES string of the molecule is CCCCC/C=C\C/C=C\CCCCCCCCN(CCN)CCCCCCCCCC(=O)OCCN(CCCCCCCCCCCC)CCCCCCCCCCCC. The first-order valence-corrected chi connectivity index (χ1v) is 27.8. The van der Waals surface area contributed by atoms with Crippen LogP contribution in [0, 0.1) is 0 Å². The first-order chi connectivity index (χ1) is 30.2. The second kappa shape index (κ2) is 53.2. The molecule has 0 aliphatic rings. The standard InChI is InChI=1S/C56H111N3O2/c1-4-7-10-13-16-19-22-23-24-25-26-27-30-33-38-43-49-58(53-48-57)50-44-39-36-31-32-37-42-47-56(60)61-55-54-59(51-45-40-34-28-20-17-14-11-8-5-2)52-46-41-35-29-21-18-15-12-9-6-3/h16,19,23-24H,4-15,17-18,20-22,25-55,57H2,1-3H3/b19-16-,24-23-. The molecule has 2 N–H and O–H groups in total. The smallest absolute Gasteiger partial charge is 0.305 e. The summed E-state index contributed by atoms with van der Waals surface area (Å²) >= 11 is 0. The number of nitrogens with zero attached hydrogens (tertiary/aromatic N) is 2. The Morgan fingerprint density at radius 3 is 1.08 bits per heavy atom. The lowest BCUT2D eigenvalue weighted by Crippen LogP contribution is -2.31. The van der Waals surface area contributed by atoms with E-state index in [4.69, 9.17) is 10.5 Å². The molecule has 0 bridgehead atoms. The molecule has 0 unspecified atom stereocenters. The van der Waals surface area contributed by atoms with Gasteiger partial charge in [-0.05, 0) is 90.4 Å². The van der Waals surface area contributed by atoms with Gasteiger partial charge in [-0.1, -0.05) is 231 Å². The summed E-state index contributed by atoms with van der Waals surface area (Å²) in [6.45, 7) is 14.8. The zero-order valence-electron chi connectivity index (χ0n) is 42.0. The van der Waals surface area contributed by atoms with E-state index >= 15 is 0 Å². The lowest BCUT2D eigenvalue weighted by atomic mass is 10.1. The molecule has 0 aliphatic heterocycles. The number of hydrogen-bond acceptors (Lipinski definition) is 5. The number of nitrogens with two attached hydrogens (primary N) is 1. The molecular weight excluding hydrogens is 747 g/mol. The maximum Gasteiger partial charge on any atom is 0.305 e. The molecule has 0 aliphatic carbocycles. The van der Waals surface area contributed by atoms with E-state index in [1.54, 1.807) is 0 Å². The number of hydrogen-bond donors (Lipinski definition) is 1. The van der Waals surface area contributed by atoms with Crippen LogP contribution in [0.2, 0.25) is 0 Å². The normalized spacial score (nSPS) is 12.0. The van der Waals surface area contributed by atoms with Crippen LogP contribution in [-0.4, -0.2) is 68.2 Å². The van der Waals surface area contributed by atoms with Crippen LogP contribution in [-0.2, 0) is 9.53 Å². The van der Waals surface area contributed by atoms with Crippen LogP contribution in [0.25, 0.3) is 0 Å². The Morgan fingerprint density at radius 2 is 0.689 bits per heavy atom. The van der Waals surface area contributed by atoms with Gasteiger partial charge in [-0.2, -0.15) is 0 Å². The van der Waals surface area contributed by atoms with Crippen molar-refractivity contribution in [3.05, 3.63) is 24.3 Å². The van der Waals surface area contributed by atoms with Crippen molar-refractivity contribution in [2.24, 2.45) is 5.73 Å². The highest BCUT2D eigenvalue weighted by molar-refractivity contribution is 5.69. The number of esters is 1. The second-order valence-electron chi connectivity index (χ2n) is 18.9. The molecule has 362 valence electrons. The Balaban J connectivity index is 3.99. The molecule has 0 radical (unpaired) electrons. The van der Waals surface area contributed by atoms with Gasteiger partial charge in [0.05, 0.1) is 0 Å². The average molecular weight is 859 g/mol. The molecule has 0 fully saturated rings. The van der Waals surface area contributed by atoms with Crippen molar-refractivity contribution in [1.82, 2.24) is 9.80 Å². The highest BCUT2D eigenvalue weighted by Gasteiger charge is 2.09. The fourth-order valence-corrected chi connectivity index (χ4v) is 8.67. The van der Waals surface area contributed by atoms with Gasteiger partial charge >= 0.3 is 5.97 Å². The Morgan fingerprint density at radius 1 is 0.377 bits per heavy atom. The molecule has 0 rings (SSSR count). The molecule has 61 heavy (non-hydrogen) atoms. The third-order valence-electron chi connectivity index (χ3n) is 12.8. The number of carbonyl (C=O) groups excluding carboxylic acids is 1. The number of ether oxygens (including phenoxy) is 1. The Kier molecular flexibility index (Phi) is 52.2. The maximum absolute atomic E-state index is 12.6. The molecule has 5 nitrogen and oxygen atoms in total. The number of rotatable bonds is 52. The fraction of sp³-hybridized carbons (Fsp3) is 0.911. The third-order valence-corrected chi connectivity index (χ3v) is 12.8. The summed E-state index contributed by atoms with van der Waals surface area (Å²) in [4.78, 5) is 17.8. The van der Waals surface area contributed by atoms with Crippen molar-refractivity contribution in [2.45, 2.75) is 278 Å². The maximum atomic E-state index is 12.6. The van der Waals surface area contributed by atoms with Gasteiger partial charge in [0.2, 0.25) is 0 Å². The van der Waals surface area contributed by atoms with E-state index in [2.05, 4.69) is 54.9 Å². The third kappa shape index (κ3) is 49.7. The van der Waals surface area contributed by atoms with E-state index in [1.807, 2.05) is 0 Å². The molecule has 0 aromatic rings. The Bertz CT molecular complexity index is 867. The van der Waals surface area contributed by atoms with Crippen LogP contribution >= 0.6 is 0 Å². The van der Waals surface area contributed by atoms with Crippen LogP contribution in [0.5, 0.6) is 0 Å². The molecule has 0 atom stereocenters. The number of allylic oxidation sites excluding steroid dienone is 4. The van der Waals surface area contributed by atoms with Gasteiger partial charge in [-0.3, -0.25) is 9.69 Å². The predicted molar refractivity (Wildman–Crippen MR) is 273 cm³/mol. The van der Waals surface area contributed by atoms with Crippen molar-refractivity contribution < 1.29 is 9.53 Å². The Labute approximate surface area is 384 Å². The van der Waals surface area contributed by atoms with E-state index in [-0.39, 0.29) is 5.97 Å². The minimum atomic E-state index is 0.0117. The van der Waals surface area contributed by atoms with Crippen LogP contribution in [0.1, 0.15) is 278 Å². The summed E-state index contributed by atoms with van der Waals surface area (Å²) in [7, 11) is 0. The van der Waals surface area contributed by atoms with Crippen LogP contribution < -0.4 is 5.73 Å². The zero-order chi connectivity index (χ0) is 44.2. The largest absolute Gasteiger partial charge is 0.464 e. The highest BCUT2D eigenvalue weighted by atomic mass is 16.5. The quantitative estimate of drug-likeness (QED) is 0.0375. The van der Waals surface area contributed by atoms with Gasteiger partial charge in [-0.15, -0.1) is 0 Å². The van der Waals surface area contributed by atoms with E-state index in [9.17, 15) is 4.79 Å². The summed E-state index contributed by atoms with van der Waals surface area (Å²) in [6, 6.07) is 0. The van der Waals surface area contributed by atoms with E-state index in [0.717, 1.165) is 52.0 Å². The molecule has 0 amide bonds. The molecule has 0 aromatic carbocycles. The lowest BCUT2D eigenvalue weighted by Gasteiger charge is -2.22. The van der Waals surface area contributed by atoms with Crippen molar-refractivity contribution in [3.63, 3.8) is 0 Å². The number of carbonyl (C=O) groups is 1. The zero-order valence-corrected chi connectivity index (χ0v) is 42.0. The van der Waals surface area contributed by atoms with E-state index < -0.39 is 0 Å². The monoisotopic (exact) mass is 858 g/mol. The van der Waals surface area contributed by atoms with Crippen molar-refractivity contribution in [2.75, 3.05) is 52.4 Å². The summed E-state index contributed by atoms with van der Waals surface area (Å²) in [5, 5.41) is 0. The van der Waals surface area contributed by atoms with Gasteiger partial charge in [0, 0.05) is 26.1 Å². The highest BCUT2D eigenvalue weighted by Crippen LogP contribution is 2.15. The van der Waals surface area contributed by atoms with E-state index in [1.165, 1.54) is 244 Å². The summed E-state index contributed by atoms with van der Waals surface area (Å²) in [6.07, 6.45) is 61.8. The minimum Gasteiger partial charge on any atom is -0.464 e. The topological polar surface area (TPSA) is 58.8 Å². The summed E-state index contributed by atoms with van der Waals surface area (Å²) in [5.41, 5.74) is 5.96. The first kappa shape index (κ1) is 59.8. The molecule has 0 aromatic heterocycles. The molecule has 0 heterocycles. The van der Waals surface area contributed by atoms with Crippen molar-refractivity contribution >= 4 is 5.97 Å². The first-order valence-electron chi connectivity index (χ1n) is 27.8. The van der Waals surface area contributed by atoms with Crippen molar-refractivity contribution in [1.29, 1.82) is 0 Å². The Hall–Kier alpha value is -1.17. The van der Waals surface area contributed by atoms with Gasteiger partial charge in [0.1, 0.15) is 6.61 Å². The van der Waals surface area contributed by atoms with Gasteiger partial charge in [0.25, 0.3) is 0 Å². The second-order valence-corrected chi connectivity index (χ2v) is 18.9. The number of unbranched alkanes of at least 4 members (excludes halogenated alkanes) is 33. The molecule has 0 saturated carbocycles. The summed E-state index contributed by atoms with van der Waals surface area (Å²) < 4.78 is 5.76. The fourth-order valence-electron chi connectivity index (χ4n) is 8.67. The van der Waals surface area contributed by atoms with Gasteiger partial charge < -0.3 is 15.4 Å². The molecule has 0 saturated heterocycles. The minimum absolute atomic E-state index is 0.0117. The van der Waals surface area contributed by atoms with Crippen LogP contribution in [0.15, 0.2) is 24.3 Å².